The van der Waals surface area contributed by atoms with Crippen LogP contribution in [0.1, 0.15) is 6.92 Å². The smallest absolute Gasteiger partial charge is 0.251 e. The summed E-state index contributed by atoms with van der Waals surface area (Å²) in [6.07, 6.45) is 1.84. The van der Waals surface area contributed by atoms with Crippen molar-refractivity contribution in [3.05, 3.63) is 15.9 Å². The Labute approximate surface area is 118 Å². The number of nitrogens with one attached hydrogen (secondary N) is 1. The fourth-order valence-corrected chi connectivity index (χ4v) is 5.63. The molecule has 0 aliphatic rings. The molecule has 0 fully saturated rings. The van der Waals surface area contributed by atoms with Crippen LogP contribution in [-0.4, -0.2) is 37.7 Å². The molecule has 0 saturated heterocycles. The molecular formula is C9H14BrNO3S3. The number of hydrogen-bond donors (Lipinski definition) is 2. The molecule has 0 aliphatic carbocycles. The van der Waals surface area contributed by atoms with Gasteiger partial charge in [-0.25, -0.2) is 13.1 Å². The molecule has 1 heterocycles. The van der Waals surface area contributed by atoms with Gasteiger partial charge in [0.2, 0.25) is 0 Å². The van der Waals surface area contributed by atoms with E-state index in [0.29, 0.717) is 4.47 Å². The standard InChI is InChI=1S/C9H14BrNO3S3/c1-6(8(5-12)15-2)11-17(13,14)9-7(10)3-4-16-9/h3-4,6,8,11-12H,5H2,1-2H3. The van der Waals surface area contributed by atoms with Gasteiger partial charge in [0.05, 0.1) is 6.61 Å². The Balaban J connectivity index is 2.84. The molecule has 0 amide bonds. The van der Waals surface area contributed by atoms with Crippen molar-refractivity contribution in [3.8, 4) is 0 Å². The molecule has 0 spiro atoms. The van der Waals surface area contributed by atoms with E-state index in [9.17, 15) is 8.42 Å². The quantitative estimate of drug-likeness (QED) is 0.813. The molecule has 8 heteroatoms. The van der Waals surface area contributed by atoms with E-state index in [-0.39, 0.29) is 22.1 Å². The predicted octanol–water partition coefficient (Wildman–Crippen LogP) is 1.90. The molecule has 1 aromatic heterocycles. The summed E-state index contributed by atoms with van der Waals surface area (Å²) in [4.78, 5) is 0. The van der Waals surface area contributed by atoms with Gasteiger partial charge >= 0.3 is 0 Å². The summed E-state index contributed by atoms with van der Waals surface area (Å²) in [5.41, 5.74) is 0. The lowest BCUT2D eigenvalue weighted by Crippen LogP contribution is -2.40. The topological polar surface area (TPSA) is 66.4 Å². The third-order valence-electron chi connectivity index (χ3n) is 2.21. The molecule has 4 nitrogen and oxygen atoms in total. The largest absolute Gasteiger partial charge is 0.395 e. The Morgan fingerprint density at radius 2 is 2.29 bits per heavy atom. The highest BCUT2D eigenvalue weighted by Crippen LogP contribution is 2.28. The van der Waals surface area contributed by atoms with Crippen LogP contribution in [-0.2, 0) is 10.0 Å². The predicted molar refractivity (Wildman–Crippen MR) is 76.2 cm³/mol. The first kappa shape index (κ1) is 15.5. The van der Waals surface area contributed by atoms with E-state index in [1.807, 2.05) is 6.26 Å². The average molecular weight is 360 g/mol. The second-order valence-corrected chi connectivity index (χ2v) is 8.18. The Kier molecular flexibility index (Phi) is 5.94. The molecule has 1 aromatic rings. The van der Waals surface area contributed by atoms with Gasteiger partial charge in [0.1, 0.15) is 4.21 Å². The lowest BCUT2D eigenvalue weighted by atomic mass is 10.3. The Hall–Kier alpha value is 0.400. The van der Waals surface area contributed by atoms with Gasteiger partial charge in [-0.2, -0.15) is 11.8 Å². The van der Waals surface area contributed by atoms with Crippen molar-refractivity contribution >= 4 is 49.1 Å². The van der Waals surface area contributed by atoms with Crippen LogP contribution in [0.15, 0.2) is 20.1 Å². The number of aliphatic hydroxyl groups excluding tert-OH is 1. The van der Waals surface area contributed by atoms with Crippen molar-refractivity contribution in [2.75, 3.05) is 12.9 Å². The van der Waals surface area contributed by atoms with Crippen LogP contribution in [0.25, 0.3) is 0 Å². The molecule has 0 radical (unpaired) electrons. The molecule has 2 N–H and O–H groups in total. The lowest BCUT2D eigenvalue weighted by molar-refractivity contribution is 0.282. The molecule has 2 atom stereocenters. The van der Waals surface area contributed by atoms with Crippen LogP contribution >= 0.6 is 39.0 Å². The van der Waals surface area contributed by atoms with Gasteiger partial charge in [-0.15, -0.1) is 11.3 Å². The minimum absolute atomic E-state index is 0.0591. The van der Waals surface area contributed by atoms with Gasteiger partial charge in [0, 0.05) is 15.8 Å². The SMILES string of the molecule is CSC(CO)C(C)NS(=O)(=O)c1sccc1Br. The summed E-state index contributed by atoms with van der Waals surface area (Å²) in [6, 6.07) is 1.37. The maximum Gasteiger partial charge on any atom is 0.251 e. The summed E-state index contributed by atoms with van der Waals surface area (Å²) in [7, 11) is -3.51. The van der Waals surface area contributed by atoms with Gasteiger partial charge < -0.3 is 5.11 Å². The van der Waals surface area contributed by atoms with Gasteiger partial charge in [-0.3, -0.25) is 0 Å². The van der Waals surface area contributed by atoms with Gasteiger partial charge in [0.25, 0.3) is 10.0 Å². The molecule has 0 aliphatic heterocycles. The minimum Gasteiger partial charge on any atom is -0.395 e. The van der Waals surface area contributed by atoms with Crippen LogP contribution in [0.5, 0.6) is 0 Å². The third-order valence-corrected chi connectivity index (χ3v) is 7.60. The van der Waals surface area contributed by atoms with Crippen molar-refractivity contribution in [3.63, 3.8) is 0 Å². The van der Waals surface area contributed by atoms with E-state index in [4.69, 9.17) is 5.11 Å². The minimum atomic E-state index is -3.51. The lowest BCUT2D eigenvalue weighted by Gasteiger charge is -2.20. The third kappa shape index (κ3) is 3.93. The molecule has 0 saturated carbocycles. The monoisotopic (exact) mass is 359 g/mol. The van der Waals surface area contributed by atoms with Gasteiger partial charge in [0.15, 0.2) is 0 Å². The number of hydrogen-bond acceptors (Lipinski definition) is 5. The summed E-state index contributed by atoms with van der Waals surface area (Å²) in [6.45, 7) is 1.69. The zero-order valence-corrected chi connectivity index (χ0v) is 13.4. The highest BCUT2D eigenvalue weighted by atomic mass is 79.9. The number of sulfonamides is 1. The Bertz CT molecular complexity index is 456. The fraction of sp³-hybridized carbons (Fsp3) is 0.556. The summed E-state index contributed by atoms with van der Waals surface area (Å²) >= 11 is 5.79. The second-order valence-electron chi connectivity index (χ2n) is 3.42. The summed E-state index contributed by atoms with van der Waals surface area (Å²) in [5.74, 6) is 0. The van der Waals surface area contributed by atoms with Crippen molar-refractivity contribution in [1.82, 2.24) is 4.72 Å². The normalized spacial score (nSPS) is 15.8. The molecule has 17 heavy (non-hydrogen) atoms. The fourth-order valence-electron chi connectivity index (χ4n) is 1.28. The van der Waals surface area contributed by atoms with Crippen molar-refractivity contribution in [2.45, 2.75) is 22.4 Å². The maximum absolute atomic E-state index is 12.0. The molecule has 2 unspecified atom stereocenters. The van der Waals surface area contributed by atoms with E-state index < -0.39 is 10.0 Å². The second kappa shape index (κ2) is 6.53. The van der Waals surface area contributed by atoms with E-state index in [1.165, 1.54) is 11.8 Å². The zero-order chi connectivity index (χ0) is 13.1. The Morgan fingerprint density at radius 3 is 2.71 bits per heavy atom. The number of halogens is 1. The van der Waals surface area contributed by atoms with Crippen molar-refractivity contribution in [1.29, 1.82) is 0 Å². The maximum atomic E-state index is 12.0. The van der Waals surface area contributed by atoms with E-state index in [2.05, 4.69) is 20.7 Å². The Morgan fingerprint density at radius 1 is 1.65 bits per heavy atom. The van der Waals surface area contributed by atoms with Gasteiger partial charge in [-0.05, 0) is 40.6 Å². The number of thiophene rings is 1. The van der Waals surface area contributed by atoms with Crippen LogP contribution in [0, 0.1) is 0 Å². The van der Waals surface area contributed by atoms with Gasteiger partial charge in [-0.1, -0.05) is 0 Å². The average Bonchev–Trinajstić information content (AvgIpc) is 2.66. The van der Waals surface area contributed by atoms with Crippen molar-refractivity contribution in [2.24, 2.45) is 0 Å². The molecule has 1 rings (SSSR count). The van der Waals surface area contributed by atoms with Crippen LogP contribution < -0.4 is 4.72 Å². The first-order chi connectivity index (χ1) is 7.92. The van der Waals surface area contributed by atoms with E-state index in [0.717, 1.165) is 11.3 Å². The summed E-state index contributed by atoms with van der Waals surface area (Å²) < 4.78 is 27.5. The van der Waals surface area contributed by atoms with Crippen LogP contribution in [0.2, 0.25) is 0 Å². The first-order valence-electron chi connectivity index (χ1n) is 4.81. The highest BCUT2D eigenvalue weighted by molar-refractivity contribution is 9.10. The highest BCUT2D eigenvalue weighted by Gasteiger charge is 2.25. The molecule has 98 valence electrons. The number of thioether (sulfide) groups is 1. The van der Waals surface area contributed by atoms with Crippen molar-refractivity contribution < 1.29 is 13.5 Å². The molecular weight excluding hydrogens is 346 g/mol. The van der Waals surface area contributed by atoms with Crippen LogP contribution in [0.3, 0.4) is 0 Å². The van der Waals surface area contributed by atoms with E-state index >= 15 is 0 Å². The summed E-state index contributed by atoms with van der Waals surface area (Å²) in [5, 5.41) is 10.7. The number of aliphatic hydroxyl groups is 1. The number of rotatable bonds is 6. The molecule has 0 aromatic carbocycles. The zero-order valence-electron chi connectivity index (χ0n) is 9.38. The van der Waals surface area contributed by atoms with E-state index in [1.54, 1.807) is 18.4 Å². The van der Waals surface area contributed by atoms with Crippen LogP contribution in [0.4, 0.5) is 0 Å². The molecule has 0 bridgehead atoms. The first-order valence-corrected chi connectivity index (χ1v) is 9.25.